The molecule has 5 nitrogen and oxygen atoms in total. The van der Waals surface area contributed by atoms with E-state index in [-0.39, 0.29) is 0 Å². The van der Waals surface area contributed by atoms with Gasteiger partial charge < -0.3 is 14.8 Å². The molecular formula is C9H17NO4. The van der Waals surface area contributed by atoms with Crippen molar-refractivity contribution in [3.63, 3.8) is 0 Å². The van der Waals surface area contributed by atoms with Gasteiger partial charge >= 0.3 is 5.97 Å². The zero-order valence-electron chi connectivity index (χ0n) is 9.21. The van der Waals surface area contributed by atoms with Gasteiger partial charge in [0.15, 0.2) is 0 Å². The molecule has 0 aliphatic carbocycles. The molecule has 1 N–H and O–H groups in total. The van der Waals surface area contributed by atoms with Crippen molar-refractivity contribution in [2.24, 2.45) is 0 Å². The molecule has 0 saturated carbocycles. The number of ether oxygens (including phenoxy) is 2. The molecule has 1 atom stereocenters. The van der Waals surface area contributed by atoms with Gasteiger partial charge in [0.25, 0.3) is 0 Å². The molecule has 82 valence electrons. The number of rotatable bonds is 4. The number of carbonyl (C=O) groups is 2. The zero-order valence-corrected chi connectivity index (χ0v) is 9.21. The molecule has 1 unspecified atom stereocenters. The first kappa shape index (κ1) is 12.9. The molecule has 0 aromatic carbocycles. The minimum Gasteiger partial charge on any atom is -0.465 e. The fourth-order valence-corrected chi connectivity index (χ4v) is 1.05. The molecule has 0 saturated heterocycles. The number of hydrogen-bond donors (Lipinski definition) is 1. The molecule has 0 bridgehead atoms. The van der Waals surface area contributed by atoms with Crippen LogP contribution in [0.3, 0.4) is 0 Å². The smallest absolute Gasteiger partial charge is 0.359 e. The highest BCUT2D eigenvalue weighted by Crippen LogP contribution is 2.18. The average Bonchev–Trinajstić information content (AvgIpc) is 2.00. The maximum absolute atomic E-state index is 11.3. The van der Waals surface area contributed by atoms with Crippen molar-refractivity contribution in [1.29, 1.82) is 0 Å². The first-order valence-electron chi connectivity index (χ1n) is 4.25. The number of esters is 1. The molecule has 0 rings (SSSR count). The maximum atomic E-state index is 11.3. The van der Waals surface area contributed by atoms with Crippen LogP contribution in [0.1, 0.15) is 27.7 Å². The molecule has 0 heterocycles. The third-order valence-corrected chi connectivity index (χ3v) is 1.42. The highest BCUT2D eigenvalue weighted by atomic mass is 16.6. The Kier molecular flexibility index (Phi) is 4.07. The zero-order chi connectivity index (χ0) is 11.4. The minimum atomic E-state index is -1.44. The standard InChI is InChI=1S/C9H17NO4/c1-8(2,3)14-9(4,10-6-11)7(12)13-5/h6H,1-5H3,(H,10,11). The van der Waals surface area contributed by atoms with Gasteiger partial charge in [-0.15, -0.1) is 0 Å². The first-order valence-corrected chi connectivity index (χ1v) is 4.25. The van der Waals surface area contributed by atoms with E-state index in [2.05, 4.69) is 10.1 Å². The average molecular weight is 203 g/mol. The predicted octanol–water partition coefficient (Wildman–Crippen LogP) is 0.437. The predicted molar refractivity (Wildman–Crippen MR) is 50.5 cm³/mol. The Bertz CT molecular complexity index is 221. The Morgan fingerprint density at radius 3 is 2.07 bits per heavy atom. The van der Waals surface area contributed by atoms with Crippen molar-refractivity contribution in [3.05, 3.63) is 0 Å². The van der Waals surface area contributed by atoms with Crippen LogP contribution >= 0.6 is 0 Å². The lowest BCUT2D eigenvalue weighted by Gasteiger charge is -2.33. The Hall–Kier alpha value is -1.10. The van der Waals surface area contributed by atoms with Crippen LogP contribution in [0.15, 0.2) is 0 Å². The van der Waals surface area contributed by atoms with Crippen LogP contribution in [0.25, 0.3) is 0 Å². The number of hydrogen-bond acceptors (Lipinski definition) is 4. The summed E-state index contributed by atoms with van der Waals surface area (Å²) in [5.74, 6) is -0.639. The molecule has 0 spiro atoms. The van der Waals surface area contributed by atoms with Crippen molar-refractivity contribution in [2.45, 2.75) is 39.0 Å². The fourth-order valence-electron chi connectivity index (χ4n) is 1.05. The number of methoxy groups -OCH3 is 1. The van der Waals surface area contributed by atoms with Crippen LogP contribution in [-0.4, -0.2) is 30.8 Å². The Morgan fingerprint density at radius 1 is 1.29 bits per heavy atom. The maximum Gasteiger partial charge on any atom is 0.359 e. The summed E-state index contributed by atoms with van der Waals surface area (Å²) in [5, 5.41) is 2.29. The molecule has 0 aliphatic rings. The number of carbonyl (C=O) groups excluding carboxylic acids is 2. The lowest BCUT2D eigenvalue weighted by molar-refractivity contribution is -0.191. The van der Waals surface area contributed by atoms with Gasteiger partial charge in [-0.3, -0.25) is 4.79 Å². The summed E-state index contributed by atoms with van der Waals surface area (Å²) >= 11 is 0. The second-order valence-electron chi connectivity index (χ2n) is 4.00. The van der Waals surface area contributed by atoms with E-state index in [0.717, 1.165) is 0 Å². The summed E-state index contributed by atoms with van der Waals surface area (Å²) in [6.07, 6.45) is 0.405. The summed E-state index contributed by atoms with van der Waals surface area (Å²) < 4.78 is 9.93. The third kappa shape index (κ3) is 3.74. The molecule has 14 heavy (non-hydrogen) atoms. The van der Waals surface area contributed by atoms with Gasteiger partial charge in [0.2, 0.25) is 12.1 Å². The molecule has 0 fully saturated rings. The number of amides is 1. The van der Waals surface area contributed by atoms with Crippen molar-refractivity contribution in [3.8, 4) is 0 Å². The van der Waals surface area contributed by atoms with Gasteiger partial charge in [-0.1, -0.05) is 0 Å². The minimum absolute atomic E-state index is 0.405. The molecule has 0 aliphatic heterocycles. The highest BCUT2D eigenvalue weighted by Gasteiger charge is 2.39. The van der Waals surface area contributed by atoms with E-state index in [1.165, 1.54) is 14.0 Å². The lowest BCUT2D eigenvalue weighted by atomic mass is 10.1. The van der Waals surface area contributed by atoms with Crippen LogP contribution in [0, 0.1) is 0 Å². The SMILES string of the molecule is COC(=O)C(C)(NC=O)OC(C)(C)C. The molecule has 1 amide bonds. The summed E-state index contributed by atoms with van der Waals surface area (Å²) in [4.78, 5) is 21.7. The van der Waals surface area contributed by atoms with Crippen LogP contribution in [0.2, 0.25) is 0 Å². The van der Waals surface area contributed by atoms with Crippen LogP contribution in [0.4, 0.5) is 0 Å². The van der Waals surface area contributed by atoms with E-state index in [4.69, 9.17) is 4.74 Å². The van der Waals surface area contributed by atoms with Crippen LogP contribution < -0.4 is 5.32 Å². The second kappa shape index (κ2) is 4.41. The van der Waals surface area contributed by atoms with E-state index in [0.29, 0.717) is 6.41 Å². The third-order valence-electron chi connectivity index (χ3n) is 1.42. The summed E-state index contributed by atoms with van der Waals surface area (Å²) in [5.41, 5.74) is -1.99. The Labute approximate surface area is 83.8 Å². The van der Waals surface area contributed by atoms with E-state index in [9.17, 15) is 9.59 Å². The van der Waals surface area contributed by atoms with Crippen LogP contribution in [0.5, 0.6) is 0 Å². The van der Waals surface area contributed by atoms with Crippen molar-refractivity contribution in [1.82, 2.24) is 5.32 Å². The van der Waals surface area contributed by atoms with Crippen LogP contribution in [-0.2, 0) is 19.1 Å². The van der Waals surface area contributed by atoms with E-state index < -0.39 is 17.3 Å². The van der Waals surface area contributed by atoms with Gasteiger partial charge in [-0.2, -0.15) is 0 Å². The number of nitrogens with one attached hydrogen (secondary N) is 1. The second-order valence-corrected chi connectivity index (χ2v) is 4.00. The highest BCUT2D eigenvalue weighted by molar-refractivity contribution is 5.80. The summed E-state index contributed by atoms with van der Waals surface area (Å²) in [7, 11) is 1.24. The molecule has 0 radical (unpaired) electrons. The summed E-state index contributed by atoms with van der Waals surface area (Å²) in [6, 6.07) is 0. The van der Waals surface area contributed by atoms with Gasteiger partial charge in [-0.25, -0.2) is 4.79 Å². The van der Waals surface area contributed by atoms with E-state index in [1.54, 1.807) is 20.8 Å². The van der Waals surface area contributed by atoms with Crippen molar-refractivity contribution < 1.29 is 19.1 Å². The van der Waals surface area contributed by atoms with E-state index in [1.807, 2.05) is 0 Å². The quantitative estimate of drug-likeness (QED) is 0.409. The Balaban J connectivity index is 4.71. The normalized spacial score (nSPS) is 15.5. The summed E-state index contributed by atoms with van der Waals surface area (Å²) in [6.45, 7) is 6.78. The van der Waals surface area contributed by atoms with Gasteiger partial charge in [0.05, 0.1) is 12.7 Å². The largest absolute Gasteiger partial charge is 0.465 e. The van der Waals surface area contributed by atoms with Gasteiger partial charge in [-0.05, 0) is 27.7 Å². The molecular weight excluding hydrogens is 186 g/mol. The van der Waals surface area contributed by atoms with Crippen molar-refractivity contribution in [2.75, 3.05) is 7.11 Å². The monoisotopic (exact) mass is 203 g/mol. The fraction of sp³-hybridized carbons (Fsp3) is 0.778. The van der Waals surface area contributed by atoms with Gasteiger partial charge in [0.1, 0.15) is 0 Å². The van der Waals surface area contributed by atoms with E-state index >= 15 is 0 Å². The van der Waals surface area contributed by atoms with Crippen molar-refractivity contribution >= 4 is 12.4 Å². The first-order chi connectivity index (χ1) is 6.25. The molecule has 0 aromatic rings. The Morgan fingerprint density at radius 2 is 1.79 bits per heavy atom. The molecule has 0 aromatic heterocycles. The lowest BCUT2D eigenvalue weighted by Crippen LogP contribution is -2.55. The molecule has 5 heteroatoms. The topological polar surface area (TPSA) is 64.6 Å². The van der Waals surface area contributed by atoms with Gasteiger partial charge in [0, 0.05) is 0 Å².